The van der Waals surface area contributed by atoms with Crippen LogP contribution >= 0.6 is 11.6 Å². The van der Waals surface area contributed by atoms with Crippen LogP contribution in [0.4, 0.5) is 14.9 Å². The van der Waals surface area contributed by atoms with E-state index in [2.05, 4.69) is 9.88 Å². The lowest BCUT2D eigenvalue weighted by Crippen LogP contribution is -2.38. The number of nitrogens with zero attached hydrogens (tertiary/aromatic N) is 2. The number of hydrogen-bond acceptors (Lipinski definition) is 3. The number of para-hydroxylation sites is 1. The largest absolute Gasteiger partial charge is 0.495 e. The summed E-state index contributed by atoms with van der Waals surface area (Å²) in [6, 6.07) is 20.5. The molecule has 2 heterocycles. The zero-order chi connectivity index (χ0) is 24.5. The normalized spacial score (nSPS) is 14.5. The Kier molecular flexibility index (Phi) is 6.09. The van der Waals surface area contributed by atoms with E-state index in [0.717, 1.165) is 22.5 Å². The number of anilines is 1. The van der Waals surface area contributed by atoms with Gasteiger partial charge in [0, 0.05) is 18.0 Å². The number of aromatic nitrogens is 1. The molecule has 178 valence electrons. The van der Waals surface area contributed by atoms with Crippen LogP contribution in [-0.4, -0.2) is 29.7 Å². The van der Waals surface area contributed by atoms with Gasteiger partial charge in [0.05, 0.1) is 43.2 Å². The summed E-state index contributed by atoms with van der Waals surface area (Å²) in [7, 11) is 3.02. The van der Waals surface area contributed by atoms with Crippen molar-refractivity contribution in [2.45, 2.75) is 12.6 Å². The van der Waals surface area contributed by atoms with Crippen molar-refractivity contribution in [2.24, 2.45) is 0 Å². The number of rotatable bonds is 4. The maximum Gasteiger partial charge on any atom is 0.323 e. The van der Waals surface area contributed by atoms with Crippen LogP contribution in [0.15, 0.2) is 79.0 Å². The van der Waals surface area contributed by atoms with Crippen molar-refractivity contribution < 1.29 is 18.7 Å². The number of methoxy groups -OCH3 is 2. The SMILES string of the molecule is COc1cc(OC)c(NC(=O)N2Cc3ccccc3-n3cccc3C2c2ccc(F)cc2)cc1Cl. The van der Waals surface area contributed by atoms with Crippen LogP contribution in [0.1, 0.15) is 22.9 Å². The summed E-state index contributed by atoms with van der Waals surface area (Å²) in [4.78, 5) is 15.6. The Morgan fingerprint density at radius 1 is 1.00 bits per heavy atom. The number of benzene rings is 3. The lowest BCUT2D eigenvalue weighted by Gasteiger charge is -2.31. The minimum Gasteiger partial charge on any atom is -0.495 e. The van der Waals surface area contributed by atoms with Crippen molar-refractivity contribution >= 4 is 23.3 Å². The van der Waals surface area contributed by atoms with Gasteiger partial charge in [-0.05, 0) is 47.5 Å². The lowest BCUT2D eigenvalue weighted by atomic mass is 10.0. The number of carbonyl (C=O) groups excluding carboxylic acids is 1. The molecule has 1 aliphatic heterocycles. The molecule has 35 heavy (non-hydrogen) atoms. The van der Waals surface area contributed by atoms with Crippen LogP contribution in [0.5, 0.6) is 11.5 Å². The van der Waals surface area contributed by atoms with Crippen LogP contribution in [0.25, 0.3) is 5.69 Å². The Labute approximate surface area is 207 Å². The van der Waals surface area contributed by atoms with E-state index >= 15 is 0 Å². The number of carbonyl (C=O) groups is 1. The Bertz CT molecular complexity index is 1390. The molecule has 3 aromatic carbocycles. The van der Waals surface area contributed by atoms with Crippen LogP contribution in [-0.2, 0) is 6.54 Å². The molecule has 1 unspecified atom stereocenters. The van der Waals surface area contributed by atoms with Gasteiger partial charge in [-0.1, -0.05) is 41.9 Å². The number of halogens is 2. The molecule has 1 aliphatic rings. The molecule has 0 fully saturated rings. The van der Waals surface area contributed by atoms with E-state index in [9.17, 15) is 9.18 Å². The maximum atomic E-state index is 13.8. The molecule has 8 heteroatoms. The molecule has 4 aromatic rings. The van der Waals surface area contributed by atoms with E-state index in [1.807, 2.05) is 42.6 Å². The zero-order valence-corrected chi connectivity index (χ0v) is 19.9. The molecule has 0 aliphatic carbocycles. The minimum atomic E-state index is -0.474. The van der Waals surface area contributed by atoms with E-state index in [1.54, 1.807) is 29.2 Å². The summed E-state index contributed by atoms with van der Waals surface area (Å²) in [6.07, 6.45) is 1.97. The summed E-state index contributed by atoms with van der Waals surface area (Å²) in [5.74, 6) is 0.512. The number of ether oxygens (including phenoxy) is 2. The molecule has 0 saturated carbocycles. The highest BCUT2D eigenvalue weighted by atomic mass is 35.5. The number of nitrogens with one attached hydrogen (secondary N) is 1. The first-order valence-corrected chi connectivity index (χ1v) is 11.4. The second-order valence-corrected chi connectivity index (χ2v) is 8.54. The van der Waals surface area contributed by atoms with Crippen LogP contribution in [0, 0.1) is 5.82 Å². The molecular weight excluding hydrogens is 469 g/mol. The number of amides is 2. The number of urea groups is 1. The monoisotopic (exact) mass is 491 g/mol. The lowest BCUT2D eigenvalue weighted by molar-refractivity contribution is 0.194. The quantitative estimate of drug-likeness (QED) is 0.358. The molecular formula is C27H23ClFN3O3. The van der Waals surface area contributed by atoms with Crippen molar-refractivity contribution in [1.29, 1.82) is 0 Å². The highest BCUT2D eigenvalue weighted by molar-refractivity contribution is 6.32. The first-order valence-electron chi connectivity index (χ1n) is 11.0. The van der Waals surface area contributed by atoms with Crippen molar-refractivity contribution in [3.8, 4) is 17.2 Å². The average Bonchev–Trinajstić information content (AvgIpc) is 3.29. The Morgan fingerprint density at radius 3 is 2.49 bits per heavy atom. The Balaban J connectivity index is 1.61. The van der Waals surface area contributed by atoms with Gasteiger partial charge >= 0.3 is 6.03 Å². The van der Waals surface area contributed by atoms with Crippen LogP contribution < -0.4 is 14.8 Å². The van der Waals surface area contributed by atoms with Crippen molar-refractivity contribution in [2.75, 3.05) is 19.5 Å². The molecule has 1 atom stereocenters. The summed E-state index contributed by atoms with van der Waals surface area (Å²) >= 11 is 6.33. The topological polar surface area (TPSA) is 55.7 Å². The second kappa shape index (κ2) is 9.35. The van der Waals surface area contributed by atoms with E-state index in [0.29, 0.717) is 28.8 Å². The maximum absolute atomic E-state index is 13.8. The van der Waals surface area contributed by atoms with Gasteiger partial charge in [0.15, 0.2) is 0 Å². The fraction of sp³-hybridized carbons (Fsp3) is 0.148. The molecule has 2 amide bonds. The van der Waals surface area contributed by atoms with Gasteiger partial charge in [0.1, 0.15) is 17.3 Å². The summed E-state index contributed by atoms with van der Waals surface area (Å²) in [5, 5.41) is 3.30. The van der Waals surface area contributed by atoms with Crippen molar-refractivity contribution in [3.63, 3.8) is 0 Å². The Hall–Kier alpha value is -3.97. The minimum absolute atomic E-state index is 0.331. The zero-order valence-electron chi connectivity index (χ0n) is 19.2. The van der Waals surface area contributed by atoms with Gasteiger partial charge < -0.3 is 24.3 Å². The third kappa shape index (κ3) is 4.19. The molecule has 6 nitrogen and oxygen atoms in total. The molecule has 0 bridgehead atoms. The van der Waals surface area contributed by atoms with Crippen LogP contribution in [0.3, 0.4) is 0 Å². The highest BCUT2D eigenvalue weighted by Gasteiger charge is 2.33. The third-order valence-corrected chi connectivity index (χ3v) is 6.42. The molecule has 1 N–H and O–H groups in total. The first-order chi connectivity index (χ1) is 17.0. The van der Waals surface area contributed by atoms with Crippen molar-refractivity contribution in [1.82, 2.24) is 9.47 Å². The van der Waals surface area contributed by atoms with E-state index in [1.165, 1.54) is 26.4 Å². The van der Waals surface area contributed by atoms with Crippen LogP contribution in [0.2, 0.25) is 5.02 Å². The van der Waals surface area contributed by atoms with Gasteiger partial charge in [-0.25, -0.2) is 9.18 Å². The number of fused-ring (bicyclic) bond motifs is 3. The highest BCUT2D eigenvalue weighted by Crippen LogP contribution is 2.39. The van der Waals surface area contributed by atoms with Gasteiger partial charge in [-0.15, -0.1) is 0 Å². The first kappa shape index (κ1) is 22.8. The second-order valence-electron chi connectivity index (χ2n) is 8.13. The molecule has 0 saturated heterocycles. The fourth-order valence-corrected chi connectivity index (χ4v) is 4.72. The number of hydrogen-bond donors (Lipinski definition) is 1. The van der Waals surface area contributed by atoms with Crippen molar-refractivity contribution in [3.05, 3.63) is 107 Å². The molecule has 0 spiro atoms. The predicted molar refractivity (Wildman–Crippen MR) is 133 cm³/mol. The van der Waals surface area contributed by atoms with Gasteiger partial charge in [-0.2, -0.15) is 0 Å². The van der Waals surface area contributed by atoms with Gasteiger partial charge in [-0.3, -0.25) is 0 Å². The van der Waals surface area contributed by atoms with E-state index in [-0.39, 0.29) is 11.8 Å². The predicted octanol–water partition coefficient (Wildman–Crippen LogP) is 6.42. The Morgan fingerprint density at radius 2 is 1.74 bits per heavy atom. The standard InChI is InChI=1S/C27H23ClFN3O3/c1-34-24-15-25(35-2)21(14-20(24)28)30-27(33)32-16-18-6-3-4-7-22(18)31-13-5-8-23(31)26(32)17-9-11-19(29)12-10-17/h3-15,26H,16H2,1-2H3,(H,30,33). The summed E-state index contributed by atoms with van der Waals surface area (Å²) in [6.45, 7) is 0.331. The average molecular weight is 492 g/mol. The summed E-state index contributed by atoms with van der Waals surface area (Å²) < 4.78 is 26.6. The van der Waals surface area contributed by atoms with Gasteiger partial charge in [0.25, 0.3) is 0 Å². The van der Waals surface area contributed by atoms with E-state index in [4.69, 9.17) is 21.1 Å². The molecule has 1 aromatic heterocycles. The fourth-order valence-electron chi connectivity index (χ4n) is 4.48. The molecule has 0 radical (unpaired) electrons. The summed E-state index contributed by atoms with van der Waals surface area (Å²) in [5.41, 5.74) is 4.05. The van der Waals surface area contributed by atoms with E-state index < -0.39 is 6.04 Å². The molecule has 5 rings (SSSR count). The smallest absolute Gasteiger partial charge is 0.323 e. The third-order valence-electron chi connectivity index (χ3n) is 6.13. The van der Waals surface area contributed by atoms with Gasteiger partial charge in [0.2, 0.25) is 0 Å².